The lowest BCUT2D eigenvalue weighted by molar-refractivity contribution is 0.0963. The van der Waals surface area contributed by atoms with Crippen LogP contribution in [-0.4, -0.2) is 24.0 Å². The molecule has 0 bridgehead atoms. The Morgan fingerprint density at radius 2 is 2.21 bits per heavy atom. The monoisotopic (exact) mass is 277 g/mol. The summed E-state index contributed by atoms with van der Waals surface area (Å²) in [5, 5.41) is 2.73. The van der Waals surface area contributed by atoms with E-state index >= 15 is 0 Å². The van der Waals surface area contributed by atoms with Crippen LogP contribution in [0, 0.1) is 0 Å². The lowest BCUT2D eigenvalue weighted by Crippen LogP contribution is -2.17. The molecule has 2 amide bonds. The van der Waals surface area contributed by atoms with E-state index in [1.54, 1.807) is 31.4 Å². The molecule has 0 spiro atoms. The molecule has 0 aliphatic carbocycles. The number of benzene rings is 1. The van der Waals surface area contributed by atoms with E-state index in [-0.39, 0.29) is 11.1 Å². The van der Waals surface area contributed by atoms with Gasteiger partial charge in [-0.05, 0) is 17.7 Å². The quantitative estimate of drug-likeness (QED) is 0.891. The van der Waals surface area contributed by atoms with Crippen LogP contribution in [-0.2, 0) is 0 Å². The molecule has 1 heterocycles. The average molecular weight is 277 g/mol. The maximum Gasteiger partial charge on any atom is 0.411 e. The molecule has 0 saturated carbocycles. The molecular formula is C12H11N3O3S. The first-order valence-corrected chi connectivity index (χ1v) is 6.17. The van der Waals surface area contributed by atoms with Gasteiger partial charge in [-0.25, -0.2) is 9.78 Å². The normalized spacial score (nSPS) is 9.95. The van der Waals surface area contributed by atoms with Crippen molar-refractivity contribution in [1.29, 1.82) is 0 Å². The molecule has 1 aromatic heterocycles. The van der Waals surface area contributed by atoms with Gasteiger partial charge in [-0.15, -0.1) is 0 Å². The van der Waals surface area contributed by atoms with Gasteiger partial charge in [0.25, 0.3) is 11.1 Å². The number of primary amides is 1. The Morgan fingerprint density at radius 1 is 1.42 bits per heavy atom. The van der Waals surface area contributed by atoms with Crippen molar-refractivity contribution in [3.63, 3.8) is 0 Å². The molecule has 2 rings (SSSR count). The fourth-order valence-electron chi connectivity index (χ4n) is 1.48. The van der Waals surface area contributed by atoms with Crippen molar-refractivity contribution in [1.82, 2.24) is 10.3 Å². The molecule has 0 atom stereocenters. The standard InChI is InChI=1S/C12H11N3O3S/c1-14-10(16)8-4-2-3-7(5-8)9-6-15-12(19-9)18-11(13)17/h2-6H,1H3,(H2,13,17)(H,14,16). The fourth-order valence-corrected chi connectivity index (χ4v) is 2.25. The van der Waals surface area contributed by atoms with Gasteiger partial charge in [0.2, 0.25) is 0 Å². The van der Waals surface area contributed by atoms with E-state index in [1.165, 1.54) is 11.3 Å². The minimum Gasteiger partial charge on any atom is -0.381 e. The number of nitrogens with one attached hydrogen (secondary N) is 1. The molecule has 0 radical (unpaired) electrons. The third kappa shape index (κ3) is 3.08. The Bertz CT molecular complexity index is 624. The average Bonchev–Trinajstić information content (AvgIpc) is 2.85. The number of rotatable bonds is 3. The van der Waals surface area contributed by atoms with Gasteiger partial charge in [0.05, 0.1) is 4.88 Å². The Labute approximate surface area is 113 Å². The van der Waals surface area contributed by atoms with Gasteiger partial charge in [0.1, 0.15) is 0 Å². The van der Waals surface area contributed by atoms with Crippen molar-refractivity contribution in [3.8, 4) is 15.6 Å². The smallest absolute Gasteiger partial charge is 0.381 e. The molecule has 0 fully saturated rings. The number of thiazole rings is 1. The van der Waals surface area contributed by atoms with Crippen LogP contribution in [0.25, 0.3) is 10.4 Å². The predicted molar refractivity (Wildman–Crippen MR) is 71.2 cm³/mol. The summed E-state index contributed by atoms with van der Waals surface area (Å²) in [4.78, 5) is 26.9. The highest BCUT2D eigenvalue weighted by Gasteiger charge is 2.10. The van der Waals surface area contributed by atoms with Crippen LogP contribution in [0.5, 0.6) is 5.19 Å². The van der Waals surface area contributed by atoms with Crippen LogP contribution in [0.2, 0.25) is 0 Å². The summed E-state index contributed by atoms with van der Waals surface area (Å²) in [6, 6.07) is 7.06. The van der Waals surface area contributed by atoms with E-state index in [0.717, 1.165) is 10.4 Å². The van der Waals surface area contributed by atoms with Gasteiger partial charge < -0.3 is 15.8 Å². The highest BCUT2D eigenvalue weighted by molar-refractivity contribution is 7.16. The highest BCUT2D eigenvalue weighted by atomic mass is 32.1. The van der Waals surface area contributed by atoms with E-state index < -0.39 is 6.09 Å². The zero-order valence-corrected chi connectivity index (χ0v) is 10.9. The second-order valence-corrected chi connectivity index (χ2v) is 4.56. The van der Waals surface area contributed by atoms with Crippen LogP contribution < -0.4 is 15.8 Å². The molecule has 0 aliphatic rings. The largest absolute Gasteiger partial charge is 0.411 e. The summed E-state index contributed by atoms with van der Waals surface area (Å²) in [6.45, 7) is 0. The Kier molecular flexibility index (Phi) is 3.76. The predicted octanol–water partition coefficient (Wildman–Crippen LogP) is 1.63. The van der Waals surface area contributed by atoms with Crippen molar-refractivity contribution in [3.05, 3.63) is 36.0 Å². The van der Waals surface area contributed by atoms with Crippen LogP contribution in [0.15, 0.2) is 30.5 Å². The van der Waals surface area contributed by atoms with E-state index in [4.69, 9.17) is 5.73 Å². The summed E-state index contributed by atoms with van der Waals surface area (Å²) in [6.07, 6.45) is 0.659. The number of hydrogen-bond acceptors (Lipinski definition) is 5. The number of nitrogens with two attached hydrogens (primary N) is 1. The van der Waals surface area contributed by atoms with Crippen LogP contribution in [0.1, 0.15) is 10.4 Å². The molecular weight excluding hydrogens is 266 g/mol. The molecule has 0 aliphatic heterocycles. The third-order valence-corrected chi connectivity index (χ3v) is 3.23. The van der Waals surface area contributed by atoms with Gasteiger partial charge in [-0.3, -0.25) is 4.79 Å². The van der Waals surface area contributed by atoms with Gasteiger partial charge >= 0.3 is 6.09 Å². The van der Waals surface area contributed by atoms with E-state index in [9.17, 15) is 9.59 Å². The third-order valence-electron chi connectivity index (χ3n) is 2.31. The number of nitrogens with zero attached hydrogens (tertiary/aromatic N) is 1. The zero-order chi connectivity index (χ0) is 13.8. The Hall–Kier alpha value is -2.41. The summed E-state index contributed by atoms with van der Waals surface area (Å²) in [5.74, 6) is -0.167. The zero-order valence-electron chi connectivity index (χ0n) is 10.0. The number of carbonyl (C=O) groups excluding carboxylic acids is 2. The Balaban J connectivity index is 2.29. The van der Waals surface area contributed by atoms with Gasteiger partial charge in [-0.2, -0.15) is 0 Å². The number of hydrogen-bond donors (Lipinski definition) is 2. The number of ether oxygens (including phenoxy) is 1. The maximum atomic E-state index is 11.5. The summed E-state index contributed by atoms with van der Waals surface area (Å²) >= 11 is 1.18. The molecule has 7 heteroatoms. The number of amides is 2. The van der Waals surface area contributed by atoms with Gasteiger partial charge in [-0.1, -0.05) is 23.5 Å². The molecule has 98 valence electrons. The first-order chi connectivity index (χ1) is 9.10. The van der Waals surface area contributed by atoms with Crippen LogP contribution in [0.4, 0.5) is 4.79 Å². The topological polar surface area (TPSA) is 94.3 Å². The highest BCUT2D eigenvalue weighted by Crippen LogP contribution is 2.30. The second kappa shape index (κ2) is 5.49. The number of aromatic nitrogens is 1. The second-order valence-electron chi connectivity index (χ2n) is 3.57. The van der Waals surface area contributed by atoms with Crippen molar-refractivity contribution in [2.24, 2.45) is 5.73 Å². The molecule has 0 unspecified atom stereocenters. The summed E-state index contributed by atoms with van der Waals surface area (Å²) in [7, 11) is 1.57. The SMILES string of the molecule is CNC(=O)c1cccc(-c2cnc(OC(N)=O)s2)c1. The van der Waals surface area contributed by atoms with Crippen molar-refractivity contribution in [2.75, 3.05) is 7.05 Å². The minimum absolute atomic E-state index is 0.167. The molecule has 3 N–H and O–H groups in total. The van der Waals surface area contributed by atoms with E-state index in [0.29, 0.717) is 5.56 Å². The maximum absolute atomic E-state index is 11.5. The van der Waals surface area contributed by atoms with Crippen LogP contribution in [0.3, 0.4) is 0 Å². The molecule has 6 nitrogen and oxygen atoms in total. The summed E-state index contributed by atoms with van der Waals surface area (Å²) in [5.41, 5.74) is 6.27. The van der Waals surface area contributed by atoms with Crippen molar-refractivity contribution in [2.45, 2.75) is 0 Å². The fraction of sp³-hybridized carbons (Fsp3) is 0.0833. The summed E-state index contributed by atoms with van der Waals surface area (Å²) < 4.78 is 4.68. The van der Waals surface area contributed by atoms with Crippen molar-refractivity contribution >= 4 is 23.3 Å². The minimum atomic E-state index is -0.903. The molecule has 19 heavy (non-hydrogen) atoms. The molecule has 0 saturated heterocycles. The lowest BCUT2D eigenvalue weighted by atomic mass is 10.1. The van der Waals surface area contributed by atoms with E-state index in [2.05, 4.69) is 15.0 Å². The van der Waals surface area contributed by atoms with Gasteiger partial charge in [0, 0.05) is 18.8 Å². The molecule has 1 aromatic carbocycles. The first-order valence-electron chi connectivity index (χ1n) is 5.36. The number of carbonyl (C=O) groups is 2. The van der Waals surface area contributed by atoms with E-state index in [1.807, 2.05) is 6.07 Å². The van der Waals surface area contributed by atoms with Crippen LogP contribution >= 0.6 is 11.3 Å². The van der Waals surface area contributed by atoms with Gasteiger partial charge in [0.15, 0.2) is 0 Å². The first kappa shape index (κ1) is 13.0. The van der Waals surface area contributed by atoms with Crippen molar-refractivity contribution < 1.29 is 14.3 Å². The lowest BCUT2D eigenvalue weighted by Gasteiger charge is -2.01. The Morgan fingerprint density at radius 3 is 2.89 bits per heavy atom. The molecule has 2 aromatic rings.